The summed E-state index contributed by atoms with van der Waals surface area (Å²) < 4.78 is 13.3. The lowest BCUT2D eigenvalue weighted by Crippen LogP contribution is -2.10. The van der Waals surface area contributed by atoms with Crippen LogP contribution in [-0.2, 0) is 12.0 Å². The molecule has 1 N–H and O–H groups in total. The van der Waals surface area contributed by atoms with Gasteiger partial charge in [-0.3, -0.25) is 5.10 Å². The third-order valence-electron chi connectivity index (χ3n) is 4.27. The molecule has 7 heteroatoms. The number of rotatable bonds is 6. The summed E-state index contributed by atoms with van der Waals surface area (Å²) in [7, 11) is 1.62. The summed E-state index contributed by atoms with van der Waals surface area (Å²) in [6.07, 6.45) is 3.20. The highest BCUT2D eigenvalue weighted by Gasteiger charge is 2.13. The molecule has 1 aromatic heterocycles. The number of nitrogens with zero attached hydrogens (tertiary/aromatic N) is 3. The summed E-state index contributed by atoms with van der Waals surface area (Å²) in [6.45, 7) is 7.08. The minimum atomic E-state index is 0.140. The standard InChI is InChI=1S/C21H24N4O2S/c1-21(2,3)17-8-5-15(6-9-17)13-27-18-10-7-16(11-19(18)26-4)12-23-25-14-22-24-20(25)28/h5-12,14H,13H2,1-4H3,(H,24,28)/b23-12+. The van der Waals surface area contributed by atoms with Crippen molar-refractivity contribution in [3.8, 4) is 11.5 Å². The van der Waals surface area contributed by atoms with Crippen molar-refractivity contribution < 1.29 is 9.47 Å². The first kappa shape index (κ1) is 19.8. The first-order chi connectivity index (χ1) is 13.4. The maximum atomic E-state index is 5.96. The van der Waals surface area contributed by atoms with Gasteiger partial charge in [-0.05, 0) is 52.5 Å². The normalized spacial score (nSPS) is 11.7. The number of H-pyrrole nitrogens is 1. The van der Waals surface area contributed by atoms with Gasteiger partial charge in [0, 0.05) is 0 Å². The zero-order valence-electron chi connectivity index (χ0n) is 16.5. The van der Waals surface area contributed by atoms with Crippen LogP contribution in [0.1, 0.15) is 37.5 Å². The predicted molar refractivity (Wildman–Crippen MR) is 113 cm³/mol. The Hall–Kier alpha value is -2.93. The van der Waals surface area contributed by atoms with Crippen LogP contribution in [-0.4, -0.2) is 28.2 Å². The van der Waals surface area contributed by atoms with Gasteiger partial charge >= 0.3 is 0 Å². The quantitative estimate of drug-likeness (QED) is 0.484. The lowest BCUT2D eigenvalue weighted by Gasteiger charge is -2.19. The Morgan fingerprint density at radius 3 is 2.50 bits per heavy atom. The lowest BCUT2D eigenvalue weighted by molar-refractivity contribution is 0.284. The monoisotopic (exact) mass is 396 g/mol. The summed E-state index contributed by atoms with van der Waals surface area (Å²) in [5, 5.41) is 10.7. The minimum absolute atomic E-state index is 0.140. The van der Waals surface area contributed by atoms with Crippen LogP contribution in [0.3, 0.4) is 0 Å². The van der Waals surface area contributed by atoms with E-state index in [-0.39, 0.29) is 5.41 Å². The average Bonchev–Trinajstić information content (AvgIpc) is 3.09. The van der Waals surface area contributed by atoms with Crippen molar-refractivity contribution in [2.45, 2.75) is 32.8 Å². The fourth-order valence-corrected chi connectivity index (χ4v) is 2.75. The molecule has 0 bridgehead atoms. The first-order valence-electron chi connectivity index (χ1n) is 8.93. The molecule has 0 unspecified atom stereocenters. The number of hydrogen-bond acceptors (Lipinski definition) is 5. The Bertz CT molecular complexity index is 1010. The average molecular weight is 397 g/mol. The molecule has 3 aromatic rings. The molecule has 0 radical (unpaired) electrons. The molecule has 0 saturated carbocycles. The van der Waals surface area contributed by atoms with Crippen LogP contribution < -0.4 is 9.47 Å². The Morgan fingerprint density at radius 1 is 1.14 bits per heavy atom. The molecule has 6 nitrogen and oxygen atoms in total. The van der Waals surface area contributed by atoms with Gasteiger partial charge in [-0.2, -0.15) is 14.9 Å². The highest BCUT2D eigenvalue weighted by atomic mass is 32.1. The fourth-order valence-electron chi connectivity index (χ4n) is 2.60. The highest BCUT2D eigenvalue weighted by molar-refractivity contribution is 7.71. The van der Waals surface area contributed by atoms with Gasteiger partial charge in [-0.15, -0.1) is 0 Å². The lowest BCUT2D eigenvalue weighted by atomic mass is 9.87. The van der Waals surface area contributed by atoms with Crippen LogP contribution in [0.15, 0.2) is 53.9 Å². The smallest absolute Gasteiger partial charge is 0.216 e. The van der Waals surface area contributed by atoms with Crippen molar-refractivity contribution in [2.24, 2.45) is 5.10 Å². The zero-order valence-corrected chi connectivity index (χ0v) is 17.3. The van der Waals surface area contributed by atoms with Crippen molar-refractivity contribution in [3.05, 3.63) is 70.3 Å². The van der Waals surface area contributed by atoms with E-state index in [1.165, 1.54) is 16.6 Å². The van der Waals surface area contributed by atoms with Crippen molar-refractivity contribution >= 4 is 18.4 Å². The molecule has 0 atom stereocenters. The first-order valence-corrected chi connectivity index (χ1v) is 9.34. The number of aromatic amines is 1. The second-order valence-corrected chi connectivity index (χ2v) is 7.78. The van der Waals surface area contributed by atoms with Gasteiger partial charge < -0.3 is 9.47 Å². The van der Waals surface area contributed by atoms with Crippen LogP contribution in [0.4, 0.5) is 0 Å². The van der Waals surface area contributed by atoms with E-state index < -0.39 is 0 Å². The second kappa shape index (κ2) is 8.39. The Balaban J connectivity index is 1.69. The molecule has 0 saturated heterocycles. The molecular formula is C21H24N4O2S. The largest absolute Gasteiger partial charge is 0.493 e. The van der Waals surface area contributed by atoms with Gasteiger partial charge in [-0.1, -0.05) is 45.0 Å². The summed E-state index contributed by atoms with van der Waals surface area (Å²) in [5.41, 5.74) is 3.41. The van der Waals surface area contributed by atoms with Crippen molar-refractivity contribution in [1.82, 2.24) is 14.9 Å². The van der Waals surface area contributed by atoms with Gasteiger partial charge in [0.1, 0.15) is 12.9 Å². The molecule has 0 fully saturated rings. The maximum absolute atomic E-state index is 5.96. The van der Waals surface area contributed by atoms with Crippen LogP contribution in [0, 0.1) is 4.77 Å². The maximum Gasteiger partial charge on any atom is 0.216 e. The summed E-state index contributed by atoms with van der Waals surface area (Å²) >= 11 is 5.07. The number of benzene rings is 2. The molecule has 146 valence electrons. The molecule has 0 aliphatic rings. The molecule has 2 aromatic carbocycles. The molecule has 1 heterocycles. The number of hydrogen-bond donors (Lipinski definition) is 1. The summed E-state index contributed by atoms with van der Waals surface area (Å²) in [6, 6.07) is 14.1. The molecule has 0 amide bonds. The van der Waals surface area contributed by atoms with Crippen molar-refractivity contribution in [2.75, 3.05) is 7.11 Å². The van der Waals surface area contributed by atoms with E-state index in [0.29, 0.717) is 22.9 Å². The van der Waals surface area contributed by atoms with Crippen LogP contribution in [0.2, 0.25) is 0 Å². The van der Waals surface area contributed by atoms with Gasteiger partial charge in [0.2, 0.25) is 4.77 Å². The number of aromatic nitrogens is 3. The summed E-state index contributed by atoms with van der Waals surface area (Å²) in [5.74, 6) is 1.32. The second-order valence-electron chi connectivity index (χ2n) is 7.40. The van der Waals surface area contributed by atoms with E-state index in [9.17, 15) is 0 Å². The molecule has 28 heavy (non-hydrogen) atoms. The third-order valence-corrected chi connectivity index (χ3v) is 4.55. The molecule has 0 spiro atoms. The Kier molecular flexibility index (Phi) is 5.94. The van der Waals surface area contributed by atoms with Gasteiger partial charge in [0.05, 0.1) is 13.3 Å². The predicted octanol–water partition coefficient (Wildman–Crippen LogP) is 4.71. The SMILES string of the molecule is COc1cc(/C=N/n2cn[nH]c2=S)ccc1OCc1ccc(C(C)(C)C)cc1. The van der Waals surface area contributed by atoms with E-state index in [4.69, 9.17) is 21.7 Å². The Labute approximate surface area is 169 Å². The third kappa shape index (κ3) is 4.86. The van der Waals surface area contributed by atoms with E-state index >= 15 is 0 Å². The number of methoxy groups -OCH3 is 1. The van der Waals surface area contributed by atoms with E-state index in [1.54, 1.807) is 13.3 Å². The minimum Gasteiger partial charge on any atom is -0.493 e. The number of ether oxygens (including phenoxy) is 2. The van der Waals surface area contributed by atoms with Crippen molar-refractivity contribution in [3.63, 3.8) is 0 Å². The van der Waals surface area contributed by atoms with E-state index in [2.05, 4.69) is 60.3 Å². The van der Waals surface area contributed by atoms with Crippen LogP contribution in [0.25, 0.3) is 0 Å². The van der Waals surface area contributed by atoms with Gasteiger partial charge in [-0.25, -0.2) is 0 Å². The van der Waals surface area contributed by atoms with E-state index in [1.807, 2.05) is 18.2 Å². The van der Waals surface area contributed by atoms with Gasteiger partial charge in [0.25, 0.3) is 0 Å². The number of nitrogens with one attached hydrogen (secondary N) is 1. The highest BCUT2D eigenvalue weighted by Crippen LogP contribution is 2.29. The topological polar surface area (TPSA) is 64.4 Å². The molecule has 3 rings (SSSR count). The molecular weight excluding hydrogens is 372 g/mol. The molecule has 0 aliphatic carbocycles. The van der Waals surface area contributed by atoms with Crippen LogP contribution in [0.5, 0.6) is 11.5 Å². The molecule has 0 aliphatic heterocycles. The zero-order chi connectivity index (χ0) is 20.1. The van der Waals surface area contributed by atoms with Crippen LogP contribution >= 0.6 is 12.2 Å². The summed E-state index contributed by atoms with van der Waals surface area (Å²) in [4.78, 5) is 0. The van der Waals surface area contributed by atoms with Gasteiger partial charge in [0.15, 0.2) is 11.5 Å². The Morgan fingerprint density at radius 2 is 1.89 bits per heavy atom. The van der Waals surface area contributed by atoms with E-state index in [0.717, 1.165) is 11.1 Å². The fraction of sp³-hybridized carbons (Fsp3) is 0.286. The van der Waals surface area contributed by atoms with Crippen molar-refractivity contribution in [1.29, 1.82) is 0 Å².